The Morgan fingerprint density at radius 3 is 2.86 bits per heavy atom. The number of oxime groups is 1. The van der Waals surface area contributed by atoms with Crippen molar-refractivity contribution in [3.05, 3.63) is 36.2 Å². The SMILES string of the molecule is CCC/C(=N/OCC)C1CCN(Cc2ccc3c(c2)Nc2nccnc2S3)CC1. The van der Waals surface area contributed by atoms with Gasteiger partial charge in [-0.15, -0.1) is 0 Å². The average Bonchev–Trinajstić information content (AvgIpc) is 2.76. The molecule has 2 aliphatic rings. The lowest BCUT2D eigenvalue weighted by molar-refractivity contribution is 0.151. The van der Waals surface area contributed by atoms with Gasteiger partial charge in [0.2, 0.25) is 0 Å². The molecule has 0 unspecified atom stereocenters. The molecular formula is C22H29N5OS. The molecule has 1 aromatic heterocycles. The maximum absolute atomic E-state index is 5.36. The van der Waals surface area contributed by atoms with Crippen molar-refractivity contribution in [3.63, 3.8) is 0 Å². The van der Waals surface area contributed by atoms with Crippen molar-refractivity contribution >= 4 is 29.0 Å². The maximum atomic E-state index is 5.36. The summed E-state index contributed by atoms with van der Waals surface area (Å²) < 4.78 is 0. The summed E-state index contributed by atoms with van der Waals surface area (Å²) in [4.78, 5) is 17.9. The smallest absolute Gasteiger partial charge is 0.163 e. The van der Waals surface area contributed by atoms with E-state index in [4.69, 9.17) is 4.84 Å². The second kappa shape index (κ2) is 9.59. The van der Waals surface area contributed by atoms with Gasteiger partial charge in [0.25, 0.3) is 0 Å². The van der Waals surface area contributed by atoms with Crippen LogP contribution in [0.25, 0.3) is 0 Å². The molecule has 2 aromatic rings. The fourth-order valence-corrected chi connectivity index (χ4v) is 4.87. The highest BCUT2D eigenvalue weighted by Crippen LogP contribution is 2.42. The second-order valence-electron chi connectivity index (χ2n) is 7.57. The molecule has 0 saturated carbocycles. The van der Waals surface area contributed by atoms with Gasteiger partial charge < -0.3 is 10.2 Å². The zero-order valence-corrected chi connectivity index (χ0v) is 18.0. The number of nitrogens with one attached hydrogen (secondary N) is 1. The lowest BCUT2D eigenvalue weighted by Gasteiger charge is -2.32. The first-order chi connectivity index (χ1) is 14.3. The van der Waals surface area contributed by atoms with Crippen LogP contribution in [0.4, 0.5) is 11.5 Å². The Balaban J connectivity index is 1.36. The standard InChI is InChI=1S/C22H29N5OS/c1-3-5-18(26-28-4-2)17-8-12-27(13-9-17)15-16-6-7-20-19(14-16)25-21-22(29-20)24-11-10-23-21/h6-7,10-11,14,17H,3-5,8-9,12-13,15H2,1-2H3,(H,23,25)/b26-18-. The van der Waals surface area contributed by atoms with Crippen molar-refractivity contribution in [2.24, 2.45) is 11.1 Å². The van der Waals surface area contributed by atoms with Crippen LogP contribution in [-0.2, 0) is 11.4 Å². The molecule has 1 aromatic carbocycles. The molecule has 3 heterocycles. The fraction of sp³-hybridized carbons (Fsp3) is 0.500. The third-order valence-corrected chi connectivity index (χ3v) is 6.52. The zero-order chi connectivity index (χ0) is 20.1. The third-order valence-electron chi connectivity index (χ3n) is 5.45. The number of hydrogen-bond donors (Lipinski definition) is 1. The molecule has 1 saturated heterocycles. The Hall–Kier alpha value is -2.12. The van der Waals surface area contributed by atoms with Crippen molar-refractivity contribution in [1.82, 2.24) is 14.9 Å². The highest BCUT2D eigenvalue weighted by atomic mass is 32.2. The van der Waals surface area contributed by atoms with Crippen molar-refractivity contribution in [1.29, 1.82) is 0 Å². The molecule has 2 aliphatic heterocycles. The van der Waals surface area contributed by atoms with E-state index in [0.717, 1.165) is 61.8 Å². The van der Waals surface area contributed by atoms with Crippen molar-refractivity contribution in [3.8, 4) is 0 Å². The number of aromatic nitrogens is 2. The molecule has 1 fully saturated rings. The van der Waals surface area contributed by atoms with Crippen LogP contribution in [0.15, 0.2) is 45.7 Å². The quantitative estimate of drug-likeness (QED) is 0.432. The van der Waals surface area contributed by atoms with E-state index in [1.165, 1.54) is 16.2 Å². The van der Waals surface area contributed by atoms with Crippen LogP contribution in [0.1, 0.15) is 45.1 Å². The topological polar surface area (TPSA) is 62.6 Å². The summed E-state index contributed by atoms with van der Waals surface area (Å²) in [6, 6.07) is 6.69. The van der Waals surface area contributed by atoms with Gasteiger partial charge in [-0.3, -0.25) is 4.90 Å². The number of rotatable bonds is 7. The number of nitrogens with zero attached hydrogens (tertiary/aromatic N) is 4. The van der Waals surface area contributed by atoms with Crippen LogP contribution < -0.4 is 5.32 Å². The van der Waals surface area contributed by atoms with E-state index in [0.29, 0.717) is 12.5 Å². The van der Waals surface area contributed by atoms with E-state index < -0.39 is 0 Å². The van der Waals surface area contributed by atoms with E-state index in [1.807, 2.05) is 6.92 Å². The van der Waals surface area contributed by atoms with E-state index in [-0.39, 0.29) is 0 Å². The van der Waals surface area contributed by atoms with Crippen LogP contribution in [-0.4, -0.2) is 40.3 Å². The zero-order valence-electron chi connectivity index (χ0n) is 17.2. The molecule has 29 heavy (non-hydrogen) atoms. The first-order valence-electron chi connectivity index (χ1n) is 10.6. The summed E-state index contributed by atoms with van der Waals surface area (Å²) in [6.07, 6.45) is 7.96. The van der Waals surface area contributed by atoms with Gasteiger partial charge >= 0.3 is 0 Å². The molecule has 0 amide bonds. The number of likely N-dealkylation sites (tertiary alicyclic amines) is 1. The molecule has 4 rings (SSSR count). The highest BCUT2D eigenvalue weighted by Gasteiger charge is 2.24. The van der Waals surface area contributed by atoms with Crippen molar-refractivity contribution in [2.75, 3.05) is 25.0 Å². The molecule has 0 radical (unpaired) electrons. The van der Waals surface area contributed by atoms with Crippen LogP contribution in [0.3, 0.4) is 0 Å². The largest absolute Gasteiger partial charge is 0.396 e. The Labute approximate surface area is 177 Å². The minimum atomic E-state index is 0.564. The van der Waals surface area contributed by atoms with E-state index in [1.54, 1.807) is 24.2 Å². The summed E-state index contributed by atoms with van der Waals surface area (Å²) in [7, 11) is 0. The lowest BCUT2D eigenvalue weighted by Crippen LogP contribution is -2.36. The summed E-state index contributed by atoms with van der Waals surface area (Å²) in [5.74, 6) is 1.41. The van der Waals surface area contributed by atoms with Gasteiger partial charge in [0, 0.05) is 29.8 Å². The molecule has 6 nitrogen and oxygen atoms in total. The number of hydrogen-bond acceptors (Lipinski definition) is 7. The van der Waals surface area contributed by atoms with Gasteiger partial charge in [-0.25, -0.2) is 9.97 Å². The molecule has 0 atom stereocenters. The summed E-state index contributed by atoms with van der Waals surface area (Å²) in [6.45, 7) is 8.04. The van der Waals surface area contributed by atoms with Gasteiger partial charge in [-0.05, 0) is 57.0 Å². The molecule has 0 bridgehead atoms. The normalized spacial score (nSPS) is 17.4. The highest BCUT2D eigenvalue weighted by molar-refractivity contribution is 7.99. The monoisotopic (exact) mass is 411 g/mol. The molecular weight excluding hydrogens is 382 g/mol. The third kappa shape index (κ3) is 4.90. The lowest BCUT2D eigenvalue weighted by atomic mass is 9.89. The predicted octanol–water partition coefficient (Wildman–Crippen LogP) is 5.09. The van der Waals surface area contributed by atoms with Crippen molar-refractivity contribution in [2.45, 2.75) is 56.0 Å². The summed E-state index contributed by atoms with van der Waals surface area (Å²) in [5.41, 5.74) is 3.72. The number of anilines is 2. The van der Waals surface area contributed by atoms with Gasteiger partial charge in [0.15, 0.2) is 5.82 Å². The predicted molar refractivity (Wildman–Crippen MR) is 118 cm³/mol. The molecule has 1 N–H and O–H groups in total. The number of piperidine rings is 1. The number of fused-ring (bicyclic) bond motifs is 2. The van der Waals surface area contributed by atoms with E-state index >= 15 is 0 Å². The number of benzene rings is 1. The van der Waals surface area contributed by atoms with Crippen molar-refractivity contribution < 1.29 is 4.84 Å². The molecule has 0 aliphatic carbocycles. The molecule has 154 valence electrons. The fourth-order valence-electron chi connectivity index (χ4n) is 3.99. The minimum absolute atomic E-state index is 0.564. The maximum Gasteiger partial charge on any atom is 0.163 e. The van der Waals surface area contributed by atoms with Crippen LogP contribution in [0.5, 0.6) is 0 Å². The molecule has 7 heteroatoms. The van der Waals surface area contributed by atoms with Crippen LogP contribution >= 0.6 is 11.8 Å². The van der Waals surface area contributed by atoms with Gasteiger partial charge in [-0.1, -0.05) is 36.3 Å². The first-order valence-corrected chi connectivity index (χ1v) is 11.4. The van der Waals surface area contributed by atoms with Crippen LogP contribution in [0, 0.1) is 5.92 Å². The van der Waals surface area contributed by atoms with E-state index in [9.17, 15) is 0 Å². The van der Waals surface area contributed by atoms with E-state index in [2.05, 4.69) is 50.5 Å². The van der Waals surface area contributed by atoms with Gasteiger partial charge in [0.1, 0.15) is 11.6 Å². The summed E-state index contributed by atoms with van der Waals surface area (Å²) >= 11 is 1.68. The van der Waals surface area contributed by atoms with Gasteiger partial charge in [-0.2, -0.15) is 0 Å². The Kier molecular flexibility index (Phi) is 6.67. The first kappa shape index (κ1) is 20.2. The summed E-state index contributed by atoms with van der Waals surface area (Å²) in [5, 5.41) is 8.78. The van der Waals surface area contributed by atoms with Crippen LogP contribution in [0.2, 0.25) is 0 Å². The Morgan fingerprint density at radius 1 is 1.24 bits per heavy atom. The second-order valence-corrected chi connectivity index (χ2v) is 8.60. The molecule has 0 spiro atoms. The Bertz CT molecular complexity index is 864. The minimum Gasteiger partial charge on any atom is -0.396 e. The average molecular weight is 412 g/mol. The Morgan fingerprint density at radius 2 is 2.07 bits per heavy atom. The van der Waals surface area contributed by atoms with Gasteiger partial charge in [0.05, 0.1) is 11.4 Å².